The monoisotopic (exact) mass is 395 g/mol. The Balaban J connectivity index is 1.65. The van der Waals surface area contributed by atoms with E-state index in [1.165, 1.54) is 16.2 Å². The van der Waals surface area contributed by atoms with Crippen LogP contribution >= 0.6 is 11.3 Å². The van der Waals surface area contributed by atoms with Gasteiger partial charge in [0.15, 0.2) is 0 Å². The molecule has 1 aromatic heterocycles. The van der Waals surface area contributed by atoms with Crippen molar-refractivity contribution < 1.29 is 9.59 Å². The lowest BCUT2D eigenvalue weighted by Gasteiger charge is -2.35. The summed E-state index contributed by atoms with van der Waals surface area (Å²) in [5, 5.41) is 1.95. The summed E-state index contributed by atoms with van der Waals surface area (Å²) in [7, 11) is 0. The minimum absolute atomic E-state index is 0.168. The molecule has 146 valence electrons. The quantitative estimate of drug-likeness (QED) is 0.730. The summed E-state index contributed by atoms with van der Waals surface area (Å²) in [6, 6.07) is 11.9. The van der Waals surface area contributed by atoms with Gasteiger partial charge in [-0.2, -0.15) is 0 Å². The van der Waals surface area contributed by atoms with E-state index in [0.29, 0.717) is 17.8 Å². The summed E-state index contributed by atoms with van der Waals surface area (Å²) < 4.78 is 0. The van der Waals surface area contributed by atoms with Crippen LogP contribution in [0.25, 0.3) is 5.57 Å². The Bertz CT molecular complexity index is 894. The maximum absolute atomic E-state index is 13.3. The average Bonchev–Trinajstić information content (AvgIpc) is 3.32. The van der Waals surface area contributed by atoms with Crippen molar-refractivity contribution in [1.29, 1.82) is 0 Å². The number of carbonyl (C=O) groups is 2. The van der Waals surface area contributed by atoms with E-state index in [1.807, 2.05) is 48.7 Å². The Morgan fingerprint density at radius 2 is 1.68 bits per heavy atom. The molecule has 1 saturated heterocycles. The number of benzene rings is 1. The van der Waals surface area contributed by atoms with Crippen LogP contribution in [-0.2, 0) is 16.1 Å². The van der Waals surface area contributed by atoms with Crippen LogP contribution in [0, 0.1) is 6.92 Å². The van der Waals surface area contributed by atoms with E-state index in [-0.39, 0.29) is 11.8 Å². The van der Waals surface area contributed by atoms with Gasteiger partial charge in [0.25, 0.3) is 11.8 Å². The smallest absolute Gasteiger partial charge is 0.278 e. The van der Waals surface area contributed by atoms with Crippen LogP contribution in [-0.4, -0.2) is 59.2 Å². The van der Waals surface area contributed by atoms with E-state index in [2.05, 4.69) is 16.7 Å². The van der Waals surface area contributed by atoms with Crippen LogP contribution in [0.1, 0.15) is 22.9 Å². The topological polar surface area (TPSA) is 43.9 Å². The third kappa shape index (κ3) is 3.50. The molecular weight excluding hydrogens is 370 g/mol. The van der Waals surface area contributed by atoms with Crippen LogP contribution in [0.4, 0.5) is 0 Å². The molecule has 0 unspecified atom stereocenters. The second kappa shape index (κ2) is 7.89. The highest BCUT2D eigenvalue weighted by Crippen LogP contribution is 2.35. The van der Waals surface area contributed by atoms with Crippen molar-refractivity contribution >= 4 is 28.7 Å². The molecule has 2 aromatic rings. The van der Waals surface area contributed by atoms with Gasteiger partial charge in [-0.15, -0.1) is 11.3 Å². The Morgan fingerprint density at radius 1 is 0.964 bits per heavy atom. The van der Waals surface area contributed by atoms with Crippen LogP contribution in [0.3, 0.4) is 0 Å². The fraction of sp³-hybridized carbons (Fsp3) is 0.364. The molecule has 28 heavy (non-hydrogen) atoms. The zero-order valence-corrected chi connectivity index (χ0v) is 17.2. The lowest BCUT2D eigenvalue weighted by atomic mass is 10.1. The molecule has 0 bridgehead atoms. The summed E-state index contributed by atoms with van der Waals surface area (Å²) >= 11 is 1.51. The van der Waals surface area contributed by atoms with Crippen LogP contribution in [0.2, 0.25) is 0 Å². The average molecular weight is 396 g/mol. The van der Waals surface area contributed by atoms with E-state index < -0.39 is 0 Å². The Morgan fingerprint density at radius 3 is 2.29 bits per heavy atom. The lowest BCUT2D eigenvalue weighted by Crippen LogP contribution is -2.47. The number of nitrogens with zero attached hydrogens (tertiary/aromatic N) is 3. The van der Waals surface area contributed by atoms with E-state index in [0.717, 1.165) is 48.7 Å². The van der Waals surface area contributed by atoms with Gasteiger partial charge in [0.2, 0.25) is 0 Å². The number of carbonyl (C=O) groups excluding carboxylic acids is 2. The normalized spacial score (nSPS) is 18.5. The van der Waals surface area contributed by atoms with Gasteiger partial charge in [-0.25, -0.2) is 0 Å². The number of hydrogen-bond donors (Lipinski definition) is 0. The third-order valence-corrected chi connectivity index (χ3v) is 6.40. The van der Waals surface area contributed by atoms with Gasteiger partial charge in [0.05, 0.1) is 12.1 Å². The predicted octanol–water partition coefficient (Wildman–Crippen LogP) is 2.97. The Labute approximate surface area is 169 Å². The summed E-state index contributed by atoms with van der Waals surface area (Å²) in [6.07, 6.45) is 0. The molecule has 0 N–H and O–H groups in total. The van der Waals surface area contributed by atoms with E-state index in [4.69, 9.17) is 0 Å². The van der Waals surface area contributed by atoms with Crippen molar-refractivity contribution in [3.8, 4) is 0 Å². The van der Waals surface area contributed by atoms with Crippen molar-refractivity contribution in [3.63, 3.8) is 0 Å². The molecule has 0 saturated carbocycles. The highest BCUT2D eigenvalue weighted by atomic mass is 32.1. The van der Waals surface area contributed by atoms with Gasteiger partial charge in [-0.3, -0.25) is 14.5 Å². The minimum atomic E-state index is -0.180. The largest absolute Gasteiger partial charge is 0.364 e. The molecular formula is C22H25N3O2S. The maximum atomic E-state index is 13.3. The van der Waals surface area contributed by atoms with E-state index in [1.54, 1.807) is 0 Å². The first kappa shape index (κ1) is 18.9. The number of hydrogen-bond acceptors (Lipinski definition) is 5. The summed E-state index contributed by atoms with van der Waals surface area (Å²) in [5.41, 5.74) is 3.27. The highest BCUT2D eigenvalue weighted by Gasteiger charge is 2.42. The molecule has 0 spiro atoms. The van der Waals surface area contributed by atoms with Gasteiger partial charge < -0.3 is 9.80 Å². The molecule has 0 radical (unpaired) electrons. The van der Waals surface area contributed by atoms with Gasteiger partial charge >= 0.3 is 0 Å². The molecule has 0 atom stereocenters. The zero-order valence-electron chi connectivity index (χ0n) is 16.4. The maximum Gasteiger partial charge on any atom is 0.278 e. The highest BCUT2D eigenvalue weighted by molar-refractivity contribution is 7.11. The molecule has 3 heterocycles. The Kier molecular flexibility index (Phi) is 5.33. The first-order valence-electron chi connectivity index (χ1n) is 9.75. The molecule has 0 aliphatic carbocycles. The van der Waals surface area contributed by atoms with Crippen molar-refractivity contribution in [3.05, 3.63) is 63.5 Å². The second-order valence-corrected chi connectivity index (χ2v) is 8.25. The number of rotatable bonds is 5. The number of piperazine rings is 1. The van der Waals surface area contributed by atoms with Crippen LogP contribution < -0.4 is 0 Å². The standard InChI is InChI=1S/C22H25N3O2S/c1-3-23-10-12-24(13-11-23)20-19(18-5-4-14-28-18)21(26)25(22(20)27)15-17-8-6-16(2)7-9-17/h4-9,14H,3,10-13,15H2,1-2H3. The third-order valence-electron chi connectivity index (χ3n) is 5.51. The fourth-order valence-electron chi connectivity index (χ4n) is 3.81. The molecule has 2 aliphatic rings. The second-order valence-electron chi connectivity index (χ2n) is 7.30. The summed E-state index contributed by atoms with van der Waals surface area (Å²) in [5.74, 6) is -0.347. The van der Waals surface area contributed by atoms with Gasteiger partial charge in [0.1, 0.15) is 5.70 Å². The van der Waals surface area contributed by atoms with E-state index in [9.17, 15) is 9.59 Å². The number of likely N-dealkylation sites (N-methyl/N-ethyl adjacent to an activating group) is 1. The molecule has 2 aliphatic heterocycles. The van der Waals surface area contributed by atoms with Gasteiger partial charge in [-0.1, -0.05) is 42.8 Å². The molecule has 2 amide bonds. The number of imide groups is 1. The number of thiophene rings is 1. The van der Waals surface area contributed by atoms with Crippen molar-refractivity contribution in [1.82, 2.24) is 14.7 Å². The first-order valence-corrected chi connectivity index (χ1v) is 10.6. The van der Waals surface area contributed by atoms with Gasteiger partial charge in [-0.05, 0) is 30.5 Å². The minimum Gasteiger partial charge on any atom is -0.364 e. The predicted molar refractivity (Wildman–Crippen MR) is 112 cm³/mol. The van der Waals surface area contributed by atoms with Gasteiger partial charge in [0, 0.05) is 31.1 Å². The first-order chi connectivity index (χ1) is 13.6. The van der Waals surface area contributed by atoms with Crippen LogP contribution in [0.15, 0.2) is 47.5 Å². The summed E-state index contributed by atoms with van der Waals surface area (Å²) in [6.45, 7) is 8.88. The molecule has 1 fully saturated rings. The molecule has 6 heteroatoms. The zero-order chi connectivity index (χ0) is 19.7. The summed E-state index contributed by atoms with van der Waals surface area (Å²) in [4.78, 5) is 33.4. The molecule has 4 rings (SSSR count). The Hall–Kier alpha value is -2.44. The van der Waals surface area contributed by atoms with Crippen molar-refractivity contribution in [2.45, 2.75) is 20.4 Å². The molecule has 5 nitrogen and oxygen atoms in total. The van der Waals surface area contributed by atoms with E-state index >= 15 is 0 Å². The number of amides is 2. The SMILES string of the molecule is CCN1CCN(C2=C(c3cccs3)C(=O)N(Cc3ccc(C)cc3)C2=O)CC1. The fourth-order valence-corrected chi connectivity index (χ4v) is 4.57. The van der Waals surface area contributed by atoms with Crippen LogP contribution in [0.5, 0.6) is 0 Å². The molecule has 1 aromatic carbocycles. The number of aryl methyl sites for hydroxylation is 1. The lowest BCUT2D eigenvalue weighted by molar-refractivity contribution is -0.138. The van der Waals surface area contributed by atoms with Crippen molar-refractivity contribution in [2.24, 2.45) is 0 Å². The van der Waals surface area contributed by atoms with Crippen molar-refractivity contribution in [2.75, 3.05) is 32.7 Å².